The Bertz CT molecular complexity index is 494. The molecule has 0 spiro atoms. The molecule has 0 aliphatic rings. The zero-order valence-corrected chi connectivity index (χ0v) is 13.3. The Hall–Kier alpha value is -1.43. The van der Waals surface area contributed by atoms with E-state index in [0.29, 0.717) is 23.0 Å². The van der Waals surface area contributed by atoms with Crippen LogP contribution in [0.4, 0.5) is 4.39 Å². The largest absolute Gasteiger partial charge is 0.481 e. The van der Waals surface area contributed by atoms with Crippen LogP contribution in [0, 0.1) is 5.82 Å². The van der Waals surface area contributed by atoms with Crippen LogP contribution in [0.15, 0.2) is 22.7 Å². The quantitative estimate of drug-likeness (QED) is 0.665. The molecule has 0 radical (unpaired) electrons. The Morgan fingerprint density at radius 1 is 1.19 bits per heavy atom. The van der Waals surface area contributed by atoms with E-state index in [-0.39, 0.29) is 24.6 Å². The minimum Gasteiger partial charge on any atom is -0.481 e. The Labute approximate surface area is 131 Å². The van der Waals surface area contributed by atoms with E-state index in [9.17, 15) is 14.0 Å². The van der Waals surface area contributed by atoms with E-state index in [4.69, 9.17) is 5.11 Å². The SMILES string of the molecule is O=C(O)CCCCCCNC(=O)Cc1ccc(Br)c(F)c1. The van der Waals surface area contributed by atoms with E-state index < -0.39 is 5.97 Å². The van der Waals surface area contributed by atoms with Crippen LogP contribution in [-0.2, 0) is 16.0 Å². The van der Waals surface area contributed by atoms with Crippen molar-refractivity contribution in [3.63, 3.8) is 0 Å². The van der Waals surface area contributed by atoms with Crippen LogP contribution < -0.4 is 5.32 Å². The second-order valence-electron chi connectivity index (χ2n) is 4.83. The van der Waals surface area contributed by atoms with Gasteiger partial charge in [-0.05, 0) is 46.5 Å². The maximum absolute atomic E-state index is 13.3. The normalized spacial score (nSPS) is 10.4. The summed E-state index contributed by atoms with van der Waals surface area (Å²) >= 11 is 3.06. The third-order valence-electron chi connectivity index (χ3n) is 2.99. The van der Waals surface area contributed by atoms with Gasteiger partial charge in [-0.25, -0.2) is 4.39 Å². The number of carboxylic acid groups (broad SMARTS) is 1. The van der Waals surface area contributed by atoms with Gasteiger partial charge in [-0.3, -0.25) is 9.59 Å². The molecule has 0 aliphatic heterocycles. The number of carboxylic acids is 1. The number of nitrogens with one attached hydrogen (secondary N) is 1. The zero-order valence-electron chi connectivity index (χ0n) is 11.7. The number of hydrogen-bond donors (Lipinski definition) is 2. The highest BCUT2D eigenvalue weighted by molar-refractivity contribution is 9.10. The first-order chi connectivity index (χ1) is 9.99. The molecule has 6 heteroatoms. The fraction of sp³-hybridized carbons (Fsp3) is 0.467. The number of unbranched alkanes of at least 4 members (excludes halogenated alkanes) is 3. The fourth-order valence-corrected chi connectivity index (χ4v) is 2.13. The molecule has 0 saturated carbocycles. The monoisotopic (exact) mass is 359 g/mol. The number of carbonyl (C=O) groups excluding carboxylic acids is 1. The molecule has 0 aliphatic carbocycles. The highest BCUT2D eigenvalue weighted by atomic mass is 79.9. The summed E-state index contributed by atoms with van der Waals surface area (Å²) in [5.74, 6) is -1.29. The summed E-state index contributed by atoms with van der Waals surface area (Å²) in [5.41, 5.74) is 0.634. The van der Waals surface area contributed by atoms with E-state index in [1.54, 1.807) is 12.1 Å². The van der Waals surface area contributed by atoms with Crippen molar-refractivity contribution in [2.24, 2.45) is 0 Å². The third-order valence-corrected chi connectivity index (χ3v) is 3.63. The summed E-state index contributed by atoms with van der Waals surface area (Å²) in [4.78, 5) is 22.0. The van der Waals surface area contributed by atoms with Gasteiger partial charge in [-0.15, -0.1) is 0 Å². The predicted octanol–water partition coefficient (Wildman–Crippen LogP) is 3.28. The van der Waals surface area contributed by atoms with Crippen molar-refractivity contribution < 1.29 is 19.1 Å². The lowest BCUT2D eigenvalue weighted by Crippen LogP contribution is -2.26. The van der Waals surface area contributed by atoms with Crippen molar-refractivity contribution >= 4 is 27.8 Å². The number of amides is 1. The first kappa shape index (κ1) is 17.6. The second kappa shape index (κ2) is 9.50. The Balaban J connectivity index is 2.14. The lowest BCUT2D eigenvalue weighted by atomic mass is 10.1. The summed E-state index contributed by atoms with van der Waals surface area (Å²) < 4.78 is 13.7. The summed E-state index contributed by atoms with van der Waals surface area (Å²) in [6.07, 6.45) is 3.58. The fourth-order valence-electron chi connectivity index (χ4n) is 1.88. The lowest BCUT2D eigenvalue weighted by molar-refractivity contribution is -0.137. The molecule has 4 nitrogen and oxygen atoms in total. The van der Waals surface area contributed by atoms with Crippen LogP contribution in [0.1, 0.15) is 37.7 Å². The third kappa shape index (κ3) is 7.80. The second-order valence-corrected chi connectivity index (χ2v) is 5.69. The van der Waals surface area contributed by atoms with Crippen LogP contribution in [0.3, 0.4) is 0 Å². The summed E-state index contributed by atoms with van der Waals surface area (Å²) in [5, 5.41) is 11.3. The van der Waals surface area contributed by atoms with E-state index in [1.165, 1.54) is 6.07 Å². The Morgan fingerprint density at radius 3 is 2.57 bits per heavy atom. The lowest BCUT2D eigenvalue weighted by Gasteiger charge is -2.06. The molecule has 1 rings (SSSR count). The standard InChI is InChI=1S/C15H19BrFNO3/c16-12-7-6-11(9-13(12)17)10-14(19)18-8-4-2-1-3-5-15(20)21/h6-7,9H,1-5,8,10H2,(H,18,19)(H,20,21). The smallest absolute Gasteiger partial charge is 0.303 e. The van der Waals surface area contributed by atoms with E-state index in [2.05, 4.69) is 21.2 Å². The number of halogens is 2. The van der Waals surface area contributed by atoms with Gasteiger partial charge in [-0.2, -0.15) is 0 Å². The van der Waals surface area contributed by atoms with Crippen molar-refractivity contribution in [2.75, 3.05) is 6.54 Å². The maximum atomic E-state index is 13.3. The van der Waals surface area contributed by atoms with Crippen LogP contribution in [0.2, 0.25) is 0 Å². The highest BCUT2D eigenvalue weighted by Gasteiger charge is 2.06. The van der Waals surface area contributed by atoms with Gasteiger partial charge in [0.05, 0.1) is 10.9 Å². The molecular formula is C15H19BrFNO3. The van der Waals surface area contributed by atoms with Crippen LogP contribution in [0.5, 0.6) is 0 Å². The van der Waals surface area contributed by atoms with Crippen molar-refractivity contribution in [2.45, 2.75) is 38.5 Å². The average Bonchev–Trinajstić information content (AvgIpc) is 2.41. The Morgan fingerprint density at radius 2 is 1.90 bits per heavy atom. The van der Waals surface area contributed by atoms with Crippen LogP contribution in [0.25, 0.3) is 0 Å². The molecule has 0 atom stereocenters. The molecular weight excluding hydrogens is 341 g/mol. The van der Waals surface area contributed by atoms with Crippen LogP contribution in [-0.4, -0.2) is 23.5 Å². The molecule has 1 aromatic carbocycles. The topological polar surface area (TPSA) is 66.4 Å². The highest BCUT2D eigenvalue weighted by Crippen LogP contribution is 2.16. The van der Waals surface area contributed by atoms with Gasteiger partial charge in [0.2, 0.25) is 5.91 Å². The van der Waals surface area contributed by atoms with Gasteiger partial charge in [0.1, 0.15) is 5.82 Å². The van der Waals surface area contributed by atoms with Crippen molar-refractivity contribution in [1.82, 2.24) is 5.32 Å². The average molecular weight is 360 g/mol. The number of carbonyl (C=O) groups is 2. The van der Waals surface area contributed by atoms with Gasteiger partial charge < -0.3 is 10.4 Å². The van der Waals surface area contributed by atoms with Crippen LogP contribution >= 0.6 is 15.9 Å². The predicted molar refractivity (Wildman–Crippen MR) is 81.5 cm³/mol. The molecule has 0 heterocycles. The van der Waals surface area contributed by atoms with Gasteiger partial charge in [0.25, 0.3) is 0 Å². The molecule has 1 amide bonds. The maximum Gasteiger partial charge on any atom is 0.303 e. The molecule has 21 heavy (non-hydrogen) atoms. The molecule has 0 aromatic heterocycles. The molecule has 0 unspecified atom stereocenters. The molecule has 2 N–H and O–H groups in total. The molecule has 0 saturated heterocycles. The number of hydrogen-bond acceptors (Lipinski definition) is 2. The van der Waals surface area contributed by atoms with Gasteiger partial charge in [0, 0.05) is 13.0 Å². The summed E-state index contributed by atoms with van der Waals surface area (Å²) in [6.45, 7) is 0.560. The van der Waals surface area contributed by atoms with E-state index in [0.717, 1.165) is 19.3 Å². The van der Waals surface area contributed by atoms with E-state index in [1.807, 2.05) is 0 Å². The minimum atomic E-state index is -0.773. The summed E-state index contributed by atoms with van der Waals surface area (Å²) in [6, 6.07) is 4.63. The van der Waals surface area contributed by atoms with Gasteiger partial charge in [-0.1, -0.05) is 18.9 Å². The van der Waals surface area contributed by atoms with Crippen molar-refractivity contribution in [3.05, 3.63) is 34.1 Å². The minimum absolute atomic E-state index is 0.137. The molecule has 0 fully saturated rings. The van der Waals surface area contributed by atoms with Gasteiger partial charge >= 0.3 is 5.97 Å². The number of aliphatic carboxylic acids is 1. The Kier molecular flexibility index (Phi) is 7.97. The summed E-state index contributed by atoms with van der Waals surface area (Å²) in [7, 11) is 0. The molecule has 0 bridgehead atoms. The number of rotatable bonds is 9. The van der Waals surface area contributed by atoms with E-state index >= 15 is 0 Å². The molecule has 1 aromatic rings. The van der Waals surface area contributed by atoms with Crippen molar-refractivity contribution in [1.29, 1.82) is 0 Å². The first-order valence-corrected chi connectivity index (χ1v) is 7.71. The van der Waals surface area contributed by atoms with Gasteiger partial charge in [0.15, 0.2) is 0 Å². The zero-order chi connectivity index (χ0) is 15.7. The molecule has 116 valence electrons. The first-order valence-electron chi connectivity index (χ1n) is 6.91. The van der Waals surface area contributed by atoms with Crippen molar-refractivity contribution in [3.8, 4) is 0 Å². The number of benzene rings is 1.